The lowest BCUT2D eigenvalue weighted by Gasteiger charge is -2.03. The Hall–Kier alpha value is -1.73. The van der Waals surface area contributed by atoms with Gasteiger partial charge in [-0.3, -0.25) is 4.79 Å². The topological polar surface area (TPSA) is 82.2 Å². The first-order chi connectivity index (χ1) is 9.06. The van der Waals surface area contributed by atoms with Crippen molar-refractivity contribution in [2.24, 2.45) is 0 Å². The van der Waals surface area contributed by atoms with Gasteiger partial charge in [0.05, 0.1) is 15.6 Å². The molecule has 2 heterocycles. The smallest absolute Gasteiger partial charge is 0.354 e. The maximum Gasteiger partial charge on any atom is 0.354 e. The van der Waals surface area contributed by atoms with E-state index in [2.05, 4.69) is 10.3 Å². The van der Waals surface area contributed by atoms with Gasteiger partial charge in [0.15, 0.2) is 0 Å². The van der Waals surface area contributed by atoms with Crippen molar-refractivity contribution in [3.8, 4) is 0 Å². The maximum atomic E-state index is 11.8. The largest absolute Gasteiger partial charge is 0.477 e. The van der Waals surface area contributed by atoms with Crippen molar-refractivity contribution < 1.29 is 14.7 Å². The van der Waals surface area contributed by atoms with E-state index in [1.54, 1.807) is 24.3 Å². The van der Waals surface area contributed by atoms with Gasteiger partial charge in [0, 0.05) is 5.69 Å². The van der Waals surface area contributed by atoms with Crippen LogP contribution in [0.2, 0.25) is 0 Å². The van der Waals surface area contributed by atoms with E-state index in [9.17, 15) is 9.59 Å². The number of aryl methyl sites for hydroxylation is 1. The fraction of sp³-hybridized carbons (Fsp3) is 0.167. The molecule has 0 aliphatic heterocycles. The number of H-pyrrole nitrogens is 1. The van der Waals surface area contributed by atoms with E-state index in [-0.39, 0.29) is 17.4 Å². The van der Waals surface area contributed by atoms with E-state index in [0.717, 1.165) is 4.21 Å². The van der Waals surface area contributed by atoms with Crippen LogP contribution in [0.3, 0.4) is 0 Å². The van der Waals surface area contributed by atoms with Crippen molar-refractivity contribution >= 4 is 40.7 Å². The van der Waals surface area contributed by atoms with E-state index < -0.39 is 5.97 Å². The molecule has 3 N–H and O–H groups in total. The Labute approximate surface area is 118 Å². The lowest BCUT2D eigenvalue weighted by atomic mass is 10.3. The molecule has 1 amide bonds. The van der Waals surface area contributed by atoms with Crippen LogP contribution >= 0.6 is 23.1 Å². The molecule has 0 saturated carbocycles. The lowest BCUT2D eigenvalue weighted by molar-refractivity contribution is -0.113. The van der Waals surface area contributed by atoms with Gasteiger partial charge in [-0.25, -0.2) is 4.79 Å². The fourth-order valence-electron chi connectivity index (χ4n) is 1.53. The molecule has 0 unspecified atom stereocenters. The lowest BCUT2D eigenvalue weighted by Crippen LogP contribution is -2.15. The van der Waals surface area contributed by atoms with Gasteiger partial charge in [0.25, 0.3) is 0 Å². The number of aromatic carboxylic acids is 1. The first-order valence-electron chi connectivity index (χ1n) is 5.45. The summed E-state index contributed by atoms with van der Waals surface area (Å²) in [6.07, 6.45) is 0. The molecular formula is C12H12N2O3S2. The minimum atomic E-state index is -1.09. The number of anilines is 1. The zero-order valence-corrected chi connectivity index (χ0v) is 11.7. The van der Waals surface area contributed by atoms with Crippen molar-refractivity contribution in [3.05, 3.63) is 35.0 Å². The second-order valence-corrected chi connectivity index (χ2v) is 6.04. The van der Waals surface area contributed by atoms with Crippen molar-refractivity contribution in [3.63, 3.8) is 0 Å². The SMILES string of the molecule is Cc1cc(NC(=O)CSc2cccs2)c(C(=O)O)[nH]1. The quantitative estimate of drug-likeness (QED) is 0.741. The van der Waals surface area contributed by atoms with Crippen LogP contribution in [0.4, 0.5) is 5.69 Å². The van der Waals surface area contributed by atoms with Crippen LogP contribution in [-0.2, 0) is 4.79 Å². The summed E-state index contributed by atoms with van der Waals surface area (Å²) in [4.78, 5) is 25.4. The highest BCUT2D eigenvalue weighted by molar-refractivity contribution is 8.01. The third-order valence-corrected chi connectivity index (χ3v) is 4.41. The molecule has 0 atom stereocenters. The van der Waals surface area contributed by atoms with Crippen molar-refractivity contribution in [2.45, 2.75) is 11.1 Å². The normalized spacial score (nSPS) is 10.4. The summed E-state index contributed by atoms with van der Waals surface area (Å²) in [5.41, 5.74) is 1.01. The van der Waals surface area contributed by atoms with E-state index in [4.69, 9.17) is 5.11 Å². The van der Waals surface area contributed by atoms with Crippen LogP contribution in [0.5, 0.6) is 0 Å². The van der Waals surface area contributed by atoms with Gasteiger partial charge in [-0.2, -0.15) is 0 Å². The van der Waals surface area contributed by atoms with Gasteiger partial charge in [-0.05, 0) is 24.4 Å². The van der Waals surface area contributed by atoms with E-state index in [0.29, 0.717) is 11.4 Å². The molecule has 2 aromatic rings. The Kier molecular flexibility index (Phi) is 4.28. The molecule has 0 fully saturated rings. The summed E-state index contributed by atoms with van der Waals surface area (Å²) in [5.74, 6) is -1.06. The van der Waals surface area contributed by atoms with Crippen molar-refractivity contribution in [2.75, 3.05) is 11.1 Å². The number of hydrogen-bond acceptors (Lipinski definition) is 4. The molecule has 19 heavy (non-hydrogen) atoms. The van der Waals surface area contributed by atoms with Crippen LogP contribution in [0, 0.1) is 6.92 Å². The molecule has 7 heteroatoms. The number of nitrogens with one attached hydrogen (secondary N) is 2. The minimum absolute atomic E-state index is 0.00646. The first kappa shape index (κ1) is 13.7. The van der Waals surface area contributed by atoms with Crippen LogP contribution in [0.15, 0.2) is 27.8 Å². The number of carbonyl (C=O) groups is 2. The van der Waals surface area contributed by atoms with Crippen molar-refractivity contribution in [1.82, 2.24) is 4.98 Å². The predicted octanol–water partition coefficient (Wildman–Crippen LogP) is 2.81. The highest BCUT2D eigenvalue weighted by atomic mass is 32.2. The molecule has 0 radical (unpaired) electrons. The summed E-state index contributed by atoms with van der Waals surface area (Å²) in [5, 5.41) is 13.5. The predicted molar refractivity (Wildman–Crippen MR) is 76.2 cm³/mol. The standard InChI is InChI=1S/C12H12N2O3S2/c1-7-5-8(11(13-7)12(16)17)14-9(15)6-19-10-3-2-4-18-10/h2-5,13H,6H2,1H3,(H,14,15)(H,16,17). The summed E-state index contributed by atoms with van der Waals surface area (Å²) in [7, 11) is 0. The van der Waals surface area contributed by atoms with Crippen LogP contribution in [0.25, 0.3) is 0 Å². The Morgan fingerprint density at radius 1 is 1.53 bits per heavy atom. The summed E-state index contributed by atoms with van der Waals surface area (Å²) >= 11 is 2.99. The number of thiophene rings is 1. The molecular weight excluding hydrogens is 284 g/mol. The highest BCUT2D eigenvalue weighted by Crippen LogP contribution is 2.24. The molecule has 0 aromatic carbocycles. The van der Waals surface area contributed by atoms with E-state index in [1.165, 1.54) is 11.8 Å². The molecule has 2 aromatic heterocycles. The number of carboxylic acid groups (broad SMARTS) is 1. The van der Waals surface area contributed by atoms with Gasteiger partial charge < -0.3 is 15.4 Å². The minimum Gasteiger partial charge on any atom is -0.477 e. The average Bonchev–Trinajstić information content (AvgIpc) is 2.96. The Morgan fingerprint density at radius 3 is 2.95 bits per heavy atom. The van der Waals surface area contributed by atoms with Crippen LogP contribution in [0.1, 0.15) is 16.2 Å². The fourth-order valence-corrected chi connectivity index (χ4v) is 3.11. The van der Waals surface area contributed by atoms with E-state index >= 15 is 0 Å². The number of aromatic nitrogens is 1. The van der Waals surface area contributed by atoms with Crippen LogP contribution in [-0.4, -0.2) is 27.7 Å². The summed E-state index contributed by atoms with van der Waals surface area (Å²) in [6, 6.07) is 5.46. The second-order valence-electron chi connectivity index (χ2n) is 3.82. The number of carbonyl (C=O) groups excluding carboxylic acids is 1. The number of thioether (sulfide) groups is 1. The molecule has 5 nitrogen and oxygen atoms in total. The number of aromatic amines is 1. The Morgan fingerprint density at radius 2 is 2.32 bits per heavy atom. The number of amides is 1. The molecule has 0 bridgehead atoms. The monoisotopic (exact) mass is 296 g/mol. The third kappa shape index (κ3) is 3.62. The van der Waals surface area contributed by atoms with Crippen molar-refractivity contribution in [1.29, 1.82) is 0 Å². The number of hydrogen-bond donors (Lipinski definition) is 3. The van der Waals surface area contributed by atoms with Gasteiger partial charge in [0.1, 0.15) is 5.69 Å². The van der Waals surface area contributed by atoms with Crippen LogP contribution < -0.4 is 5.32 Å². The van der Waals surface area contributed by atoms with E-state index in [1.807, 2.05) is 17.5 Å². The summed E-state index contributed by atoms with van der Waals surface area (Å²) < 4.78 is 1.05. The molecule has 2 rings (SSSR count). The molecule has 0 aliphatic rings. The number of rotatable bonds is 5. The molecule has 0 spiro atoms. The maximum absolute atomic E-state index is 11.8. The van der Waals surface area contributed by atoms with Gasteiger partial charge in [0.2, 0.25) is 5.91 Å². The zero-order chi connectivity index (χ0) is 13.8. The van der Waals surface area contributed by atoms with Gasteiger partial charge in [-0.1, -0.05) is 6.07 Å². The van der Waals surface area contributed by atoms with Gasteiger partial charge >= 0.3 is 5.97 Å². The third-order valence-electron chi connectivity index (χ3n) is 2.28. The summed E-state index contributed by atoms with van der Waals surface area (Å²) in [6.45, 7) is 1.74. The molecule has 0 saturated heterocycles. The highest BCUT2D eigenvalue weighted by Gasteiger charge is 2.15. The zero-order valence-electron chi connectivity index (χ0n) is 10.1. The Balaban J connectivity index is 1.97. The number of carboxylic acids is 1. The average molecular weight is 296 g/mol. The van der Waals surface area contributed by atoms with Gasteiger partial charge in [-0.15, -0.1) is 23.1 Å². The molecule has 0 aliphatic carbocycles. The second kappa shape index (κ2) is 5.94. The Bertz CT molecular complexity index is 590. The molecule has 100 valence electrons. The first-order valence-corrected chi connectivity index (χ1v) is 7.32.